The lowest BCUT2D eigenvalue weighted by molar-refractivity contribution is 0.385. The first-order chi connectivity index (χ1) is 12.6. The number of benzene rings is 1. The lowest BCUT2D eigenvalue weighted by atomic mass is 10.0. The Labute approximate surface area is 151 Å². The van der Waals surface area contributed by atoms with Gasteiger partial charge in [0.05, 0.1) is 17.7 Å². The molecule has 3 aromatic heterocycles. The second-order valence-electron chi connectivity index (χ2n) is 6.54. The molecule has 26 heavy (non-hydrogen) atoms. The van der Waals surface area contributed by atoms with Gasteiger partial charge in [-0.25, -0.2) is 14.4 Å². The molecule has 4 rings (SSSR count). The highest BCUT2D eigenvalue weighted by molar-refractivity contribution is 5.95. The van der Waals surface area contributed by atoms with Gasteiger partial charge >= 0.3 is 0 Å². The second kappa shape index (κ2) is 6.72. The lowest BCUT2D eigenvalue weighted by Crippen LogP contribution is -2.18. The van der Waals surface area contributed by atoms with E-state index in [0.29, 0.717) is 0 Å². The zero-order chi connectivity index (χ0) is 18.1. The standard InChI is InChI=1S/C20H20FN5/c1-25(2)11-12-26-13-24-18(14-3-5-15(21)6-4-14)19(26)16-7-9-22-20-17(16)8-10-23-20/h3-10,13H,11-12H2,1-2H3,(H,22,23). The second-order valence-corrected chi connectivity index (χ2v) is 6.54. The molecule has 3 heterocycles. The molecule has 0 aliphatic rings. The summed E-state index contributed by atoms with van der Waals surface area (Å²) >= 11 is 0. The summed E-state index contributed by atoms with van der Waals surface area (Å²) in [5.41, 5.74) is 4.66. The van der Waals surface area contributed by atoms with Gasteiger partial charge in [-0.3, -0.25) is 0 Å². The Morgan fingerprint density at radius 3 is 2.65 bits per heavy atom. The molecule has 0 bridgehead atoms. The van der Waals surface area contributed by atoms with E-state index in [1.54, 1.807) is 18.3 Å². The van der Waals surface area contributed by atoms with Gasteiger partial charge < -0.3 is 14.5 Å². The summed E-state index contributed by atoms with van der Waals surface area (Å²) in [7, 11) is 4.10. The molecule has 1 N–H and O–H groups in total. The molecule has 5 nitrogen and oxygen atoms in total. The smallest absolute Gasteiger partial charge is 0.137 e. The van der Waals surface area contributed by atoms with E-state index in [1.807, 2.05) is 38.8 Å². The van der Waals surface area contributed by atoms with E-state index in [9.17, 15) is 4.39 Å². The first-order valence-electron chi connectivity index (χ1n) is 8.52. The van der Waals surface area contributed by atoms with Crippen molar-refractivity contribution < 1.29 is 4.39 Å². The van der Waals surface area contributed by atoms with E-state index in [4.69, 9.17) is 0 Å². The van der Waals surface area contributed by atoms with Gasteiger partial charge in [-0.1, -0.05) is 0 Å². The van der Waals surface area contributed by atoms with Crippen molar-refractivity contribution in [1.29, 1.82) is 0 Å². The molecular formula is C20H20FN5. The minimum Gasteiger partial charge on any atom is -0.346 e. The van der Waals surface area contributed by atoms with Crippen molar-refractivity contribution in [3.63, 3.8) is 0 Å². The number of imidazole rings is 1. The quantitative estimate of drug-likeness (QED) is 0.596. The molecule has 0 aliphatic heterocycles. The number of nitrogens with zero attached hydrogens (tertiary/aromatic N) is 4. The van der Waals surface area contributed by atoms with E-state index >= 15 is 0 Å². The summed E-state index contributed by atoms with van der Waals surface area (Å²) < 4.78 is 15.5. The Hall–Kier alpha value is -2.99. The van der Waals surface area contributed by atoms with Crippen LogP contribution in [0.3, 0.4) is 0 Å². The van der Waals surface area contributed by atoms with Crippen molar-refractivity contribution in [3.05, 3.63) is 60.9 Å². The van der Waals surface area contributed by atoms with Crippen LogP contribution in [-0.2, 0) is 6.54 Å². The Morgan fingerprint density at radius 2 is 1.88 bits per heavy atom. The van der Waals surface area contributed by atoms with Gasteiger partial charge in [0.1, 0.15) is 11.5 Å². The van der Waals surface area contributed by atoms with Crippen LogP contribution in [0.15, 0.2) is 55.1 Å². The molecule has 0 atom stereocenters. The molecule has 0 aliphatic carbocycles. The fourth-order valence-electron chi connectivity index (χ4n) is 3.13. The maximum absolute atomic E-state index is 13.4. The largest absolute Gasteiger partial charge is 0.346 e. The molecule has 0 radical (unpaired) electrons. The van der Waals surface area contributed by atoms with E-state index in [0.717, 1.165) is 46.6 Å². The Bertz CT molecular complexity index is 1030. The maximum Gasteiger partial charge on any atom is 0.137 e. The zero-order valence-corrected chi connectivity index (χ0v) is 14.8. The van der Waals surface area contributed by atoms with Gasteiger partial charge in [0.25, 0.3) is 0 Å². The first kappa shape index (κ1) is 16.5. The van der Waals surface area contributed by atoms with Gasteiger partial charge in [0.2, 0.25) is 0 Å². The molecule has 0 unspecified atom stereocenters. The SMILES string of the molecule is CN(C)CCn1cnc(-c2ccc(F)cc2)c1-c1ccnc2[nH]ccc12. The van der Waals surface area contributed by atoms with Crippen LogP contribution in [0.25, 0.3) is 33.5 Å². The zero-order valence-electron chi connectivity index (χ0n) is 14.8. The third-order valence-corrected chi connectivity index (χ3v) is 4.46. The van der Waals surface area contributed by atoms with Crippen molar-refractivity contribution >= 4 is 11.0 Å². The first-order valence-corrected chi connectivity index (χ1v) is 8.52. The van der Waals surface area contributed by atoms with E-state index < -0.39 is 0 Å². The number of likely N-dealkylation sites (N-methyl/N-ethyl adjacent to an activating group) is 1. The predicted molar refractivity (Wildman–Crippen MR) is 101 cm³/mol. The summed E-state index contributed by atoms with van der Waals surface area (Å²) in [6, 6.07) is 10.5. The molecule has 132 valence electrons. The normalized spacial score (nSPS) is 11.5. The number of nitrogens with one attached hydrogen (secondary N) is 1. The van der Waals surface area contributed by atoms with Gasteiger partial charge in [0, 0.05) is 42.0 Å². The van der Waals surface area contributed by atoms with Crippen LogP contribution in [0, 0.1) is 5.82 Å². The highest BCUT2D eigenvalue weighted by atomic mass is 19.1. The van der Waals surface area contributed by atoms with Gasteiger partial charge in [0.15, 0.2) is 0 Å². The Morgan fingerprint density at radius 1 is 1.08 bits per heavy atom. The topological polar surface area (TPSA) is 49.7 Å². The molecule has 6 heteroatoms. The van der Waals surface area contributed by atoms with Crippen LogP contribution in [0.4, 0.5) is 4.39 Å². The average Bonchev–Trinajstić information content (AvgIpc) is 3.27. The number of fused-ring (bicyclic) bond motifs is 1. The number of pyridine rings is 1. The third kappa shape index (κ3) is 2.99. The summed E-state index contributed by atoms with van der Waals surface area (Å²) in [5.74, 6) is -0.251. The minimum absolute atomic E-state index is 0.251. The number of hydrogen-bond donors (Lipinski definition) is 1. The van der Waals surface area contributed by atoms with Crippen molar-refractivity contribution in [2.24, 2.45) is 0 Å². The fraction of sp³-hybridized carbons (Fsp3) is 0.200. The molecule has 0 amide bonds. The monoisotopic (exact) mass is 349 g/mol. The molecule has 0 saturated carbocycles. The summed E-state index contributed by atoms with van der Waals surface area (Å²) in [6.45, 7) is 1.71. The Balaban J connectivity index is 1.90. The van der Waals surface area contributed by atoms with Gasteiger partial charge in [-0.15, -0.1) is 0 Å². The number of aromatic amines is 1. The molecule has 0 saturated heterocycles. The predicted octanol–water partition coefficient (Wildman–Crippen LogP) is 3.79. The fourth-order valence-corrected chi connectivity index (χ4v) is 3.13. The molecule has 0 fully saturated rings. The average molecular weight is 349 g/mol. The van der Waals surface area contributed by atoms with Crippen molar-refractivity contribution in [2.45, 2.75) is 6.54 Å². The molecular weight excluding hydrogens is 329 g/mol. The maximum atomic E-state index is 13.4. The summed E-state index contributed by atoms with van der Waals surface area (Å²) in [6.07, 6.45) is 5.54. The number of rotatable bonds is 5. The highest BCUT2D eigenvalue weighted by Crippen LogP contribution is 2.34. The van der Waals surface area contributed by atoms with Crippen LogP contribution < -0.4 is 0 Å². The minimum atomic E-state index is -0.251. The third-order valence-electron chi connectivity index (χ3n) is 4.46. The number of H-pyrrole nitrogens is 1. The molecule has 4 aromatic rings. The number of aromatic nitrogens is 4. The van der Waals surface area contributed by atoms with Crippen LogP contribution >= 0.6 is 0 Å². The van der Waals surface area contributed by atoms with Gasteiger partial charge in [-0.2, -0.15) is 0 Å². The highest BCUT2D eigenvalue weighted by Gasteiger charge is 2.18. The molecule has 0 spiro atoms. The van der Waals surface area contributed by atoms with Crippen LogP contribution in [0.2, 0.25) is 0 Å². The van der Waals surface area contributed by atoms with Crippen LogP contribution in [0.1, 0.15) is 0 Å². The van der Waals surface area contributed by atoms with Gasteiger partial charge in [-0.05, 0) is 50.5 Å². The van der Waals surface area contributed by atoms with E-state index in [-0.39, 0.29) is 5.82 Å². The van der Waals surface area contributed by atoms with Crippen LogP contribution in [0.5, 0.6) is 0 Å². The van der Waals surface area contributed by atoms with Crippen molar-refractivity contribution in [3.8, 4) is 22.5 Å². The van der Waals surface area contributed by atoms with E-state index in [1.165, 1.54) is 12.1 Å². The summed E-state index contributed by atoms with van der Waals surface area (Å²) in [5, 5.41) is 1.04. The van der Waals surface area contributed by atoms with Crippen molar-refractivity contribution in [2.75, 3.05) is 20.6 Å². The lowest BCUT2D eigenvalue weighted by Gasteiger charge is -2.14. The van der Waals surface area contributed by atoms with Crippen LogP contribution in [-0.4, -0.2) is 45.1 Å². The number of halogens is 1. The summed E-state index contributed by atoms with van der Waals surface area (Å²) in [4.78, 5) is 14.3. The molecule has 1 aromatic carbocycles. The number of hydrogen-bond acceptors (Lipinski definition) is 3. The van der Waals surface area contributed by atoms with E-state index in [2.05, 4.69) is 24.4 Å². The van der Waals surface area contributed by atoms with Crippen molar-refractivity contribution in [1.82, 2.24) is 24.4 Å². The Kier molecular flexibility index (Phi) is 4.26.